The Hall–Kier alpha value is -0.940. The van der Waals surface area contributed by atoms with Crippen LogP contribution in [0, 0.1) is 5.82 Å². The molecule has 2 rings (SSSR count). The molecule has 2 N–H and O–H groups in total. The van der Waals surface area contributed by atoms with E-state index >= 15 is 0 Å². The summed E-state index contributed by atoms with van der Waals surface area (Å²) in [6.07, 6.45) is 3.43. The van der Waals surface area contributed by atoms with Crippen molar-refractivity contribution in [2.45, 2.75) is 31.2 Å². The van der Waals surface area contributed by atoms with Gasteiger partial charge in [-0.3, -0.25) is 4.79 Å². The van der Waals surface area contributed by atoms with Crippen molar-refractivity contribution in [3.05, 3.63) is 34.1 Å². The molecule has 1 amide bonds. The molecule has 0 bridgehead atoms. The highest BCUT2D eigenvalue weighted by atomic mass is 79.9. The van der Waals surface area contributed by atoms with Crippen LogP contribution in [0.4, 0.5) is 4.39 Å². The van der Waals surface area contributed by atoms with E-state index in [1.54, 1.807) is 6.07 Å². The number of hydrogen-bond donors (Lipinski definition) is 2. The zero-order valence-electron chi connectivity index (χ0n) is 9.88. The third kappa shape index (κ3) is 2.72. The highest BCUT2D eigenvalue weighted by molar-refractivity contribution is 9.10. The Morgan fingerprint density at radius 3 is 2.72 bits per heavy atom. The average Bonchev–Trinajstić information content (AvgIpc) is 2.81. The molecule has 0 unspecified atom stereocenters. The first-order valence-corrected chi connectivity index (χ1v) is 6.74. The minimum Gasteiger partial charge on any atom is -0.394 e. The Bertz CT molecular complexity index is 458. The van der Waals surface area contributed by atoms with Crippen LogP contribution in [0.3, 0.4) is 0 Å². The van der Waals surface area contributed by atoms with Crippen LogP contribution in [-0.4, -0.2) is 23.2 Å². The summed E-state index contributed by atoms with van der Waals surface area (Å²) in [5, 5.41) is 12.2. The molecule has 1 aliphatic carbocycles. The number of benzene rings is 1. The number of hydrogen-bond acceptors (Lipinski definition) is 2. The topological polar surface area (TPSA) is 49.3 Å². The number of aliphatic hydroxyl groups excluding tert-OH is 1. The third-order valence-corrected chi connectivity index (χ3v) is 3.91. The summed E-state index contributed by atoms with van der Waals surface area (Å²) in [6.45, 7) is -0.103. The molecule has 0 atom stereocenters. The summed E-state index contributed by atoms with van der Waals surface area (Å²) in [5.41, 5.74) is -0.574. The summed E-state index contributed by atoms with van der Waals surface area (Å²) in [7, 11) is 0. The number of nitrogens with one attached hydrogen (secondary N) is 1. The van der Waals surface area contributed by atoms with Crippen molar-refractivity contribution in [1.82, 2.24) is 5.32 Å². The van der Waals surface area contributed by atoms with Crippen molar-refractivity contribution in [3.63, 3.8) is 0 Å². The number of carbonyl (C=O) groups excluding carboxylic acids is 1. The fourth-order valence-electron chi connectivity index (χ4n) is 2.35. The van der Waals surface area contributed by atoms with E-state index in [2.05, 4.69) is 21.2 Å². The quantitative estimate of drug-likeness (QED) is 0.901. The van der Waals surface area contributed by atoms with Crippen LogP contribution >= 0.6 is 15.9 Å². The Kier molecular flexibility index (Phi) is 4.02. The van der Waals surface area contributed by atoms with Gasteiger partial charge in [0.2, 0.25) is 0 Å². The molecule has 1 saturated carbocycles. The SMILES string of the molecule is O=C(NC1(CO)CCCC1)c1cc(Br)ccc1F. The predicted molar refractivity (Wildman–Crippen MR) is 69.9 cm³/mol. The zero-order chi connectivity index (χ0) is 13.2. The van der Waals surface area contributed by atoms with Gasteiger partial charge in [0, 0.05) is 4.47 Å². The predicted octanol–water partition coefficient (Wildman–Crippen LogP) is 2.62. The molecule has 1 fully saturated rings. The lowest BCUT2D eigenvalue weighted by molar-refractivity contribution is 0.0834. The number of rotatable bonds is 3. The van der Waals surface area contributed by atoms with Gasteiger partial charge in [-0.1, -0.05) is 28.8 Å². The van der Waals surface area contributed by atoms with Gasteiger partial charge in [0.25, 0.3) is 5.91 Å². The summed E-state index contributed by atoms with van der Waals surface area (Å²) < 4.78 is 14.2. The largest absolute Gasteiger partial charge is 0.394 e. The minimum absolute atomic E-state index is 0.00380. The number of halogens is 2. The molecule has 0 radical (unpaired) electrons. The second-order valence-electron chi connectivity index (χ2n) is 4.72. The van der Waals surface area contributed by atoms with Crippen molar-refractivity contribution >= 4 is 21.8 Å². The van der Waals surface area contributed by atoms with Crippen LogP contribution in [0.25, 0.3) is 0 Å². The lowest BCUT2D eigenvalue weighted by atomic mass is 9.98. The molecule has 0 saturated heterocycles. The molecule has 0 heterocycles. The lowest BCUT2D eigenvalue weighted by Gasteiger charge is -2.28. The summed E-state index contributed by atoms with van der Waals surface area (Å²) in [4.78, 5) is 12.1. The van der Waals surface area contributed by atoms with Crippen LogP contribution < -0.4 is 5.32 Å². The first kappa shape index (κ1) is 13.5. The Labute approximate surface area is 114 Å². The maximum absolute atomic E-state index is 13.6. The lowest BCUT2D eigenvalue weighted by Crippen LogP contribution is -2.49. The Morgan fingerprint density at radius 2 is 2.11 bits per heavy atom. The standard InChI is InChI=1S/C13H15BrFNO2/c14-9-3-4-11(15)10(7-9)12(18)16-13(8-17)5-1-2-6-13/h3-4,7,17H,1-2,5-6,8H2,(H,16,18). The summed E-state index contributed by atoms with van der Waals surface area (Å²) in [6, 6.07) is 4.24. The van der Waals surface area contributed by atoms with E-state index in [4.69, 9.17) is 0 Å². The summed E-state index contributed by atoms with van der Waals surface area (Å²) in [5.74, 6) is -1.02. The molecule has 1 aromatic rings. The summed E-state index contributed by atoms with van der Waals surface area (Å²) >= 11 is 3.21. The van der Waals surface area contributed by atoms with Crippen molar-refractivity contribution in [3.8, 4) is 0 Å². The fourth-order valence-corrected chi connectivity index (χ4v) is 2.72. The molecule has 0 spiro atoms. The molecule has 18 heavy (non-hydrogen) atoms. The van der Waals surface area contributed by atoms with E-state index in [1.807, 2.05) is 0 Å². The van der Waals surface area contributed by atoms with Crippen LogP contribution in [0.15, 0.2) is 22.7 Å². The molecule has 1 aromatic carbocycles. The molecule has 5 heteroatoms. The molecular formula is C13H15BrFNO2. The molecule has 0 aromatic heterocycles. The van der Waals surface area contributed by atoms with Crippen LogP contribution in [0.5, 0.6) is 0 Å². The van der Waals surface area contributed by atoms with Gasteiger partial charge in [0.15, 0.2) is 0 Å². The van der Waals surface area contributed by atoms with E-state index in [9.17, 15) is 14.3 Å². The second kappa shape index (κ2) is 5.36. The van der Waals surface area contributed by atoms with Crippen LogP contribution in [-0.2, 0) is 0 Å². The average molecular weight is 316 g/mol. The van der Waals surface area contributed by atoms with E-state index in [0.717, 1.165) is 25.7 Å². The number of carbonyl (C=O) groups is 1. The highest BCUT2D eigenvalue weighted by Crippen LogP contribution is 2.29. The van der Waals surface area contributed by atoms with E-state index in [0.29, 0.717) is 4.47 Å². The van der Waals surface area contributed by atoms with Gasteiger partial charge in [0.05, 0.1) is 17.7 Å². The van der Waals surface area contributed by atoms with Crippen molar-refractivity contribution in [1.29, 1.82) is 0 Å². The van der Waals surface area contributed by atoms with E-state index in [1.165, 1.54) is 12.1 Å². The molecule has 98 valence electrons. The zero-order valence-corrected chi connectivity index (χ0v) is 11.5. The number of amides is 1. The monoisotopic (exact) mass is 315 g/mol. The van der Waals surface area contributed by atoms with Crippen LogP contribution in [0.1, 0.15) is 36.0 Å². The van der Waals surface area contributed by atoms with Crippen molar-refractivity contribution in [2.75, 3.05) is 6.61 Å². The third-order valence-electron chi connectivity index (χ3n) is 3.42. The van der Waals surface area contributed by atoms with Gasteiger partial charge in [-0.05, 0) is 31.0 Å². The van der Waals surface area contributed by atoms with Gasteiger partial charge in [-0.15, -0.1) is 0 Å². The van der Waals surface area contributed by atoms with Crippen molar-refractivity contribution in [2.24, 2.45) is 0 Å². The normalized spacial score (nSPS) is 17.7. The molecular weight excluding hydrogens is 301 g/mol. The highest BCUT2D eigenvalue weighted by Gasteiger charge is 2.35. The van der Waals surface area contributed by atoms with Gasteiger partial charge < -0.3 is 10.4 Å². The maximum Gasteiger partial charge on any atom is 0.254 e. The minimum atomic E-state index is -0.578. The Morgan fingerprint density at radius 1 is 1.44 bits per heavy atom. The van der Waals surface area contributed by atoms with E-state index in [-0.39, 0.29) is 12.2 Å². The Balaban J connectivity index is 2.18. The van der Waals surface area contributed by atoms with Gasteiger partial charge >= 0.3 is 0 Å². The van der Waals surface area contributed by atoms with Gasteiger partial charge in [-0.25, -0.2) is 4.39 Å². The van der Waals surface area contributed by atoms with Crippen LogP contribution in [0.2, 0.25) is 0 Å². The van der Waals surface area contributed by atoms with Gasteiger partial charge in [-0.2, -0.15) is 0 Å². The van der Waals surface area contributed by atoms with Gasteiger partial charge in [0.1, 0.15) is 5.82 Å². The van der Waals surface area contributed by atoms with Crippen molar-refractivity contribution < 1.29 is 14.3 Å². The van der Waals surface area contributed by atoms with E-state index < -0.39 is 17.3 Å². The first-order chi connectivity index (χ1) is 8.56. The molecule has 3 nitrogen and oxygen atoms in total. The molecule has 0 aliphatic heterocycles. The first-order valence-electron chi connectivity index (χ1n) is 5.95. The fraction of sp³-hybridized carbons (Fsp3) is 0.462. The maximum atomic E-state index is 13.6. The smallest absolute Gasteiger partial charge is 0.254 e. The second-order valence-corrected chi connectivity index (χ2v) is 5.64. The molecule has 1 aliphatic rings. The number of aliphatic hydroxyl groups is 1.